The van der Waals surface area contributed by atoms with E-state index in [2.05, 4.69) is 10.1 Å². The average molecular weight is 284 g/mol. The molecule has 0 bridgehead atoms. The normalized spacial score (nSPS) is 12.7. The van der Waals surface area contributed by atoms with Crippen LogP contribution in [0.2, 0.25) is 0 Å². The number of aliphatic hydroxyl groups is 1. The van der Waals surface area contributed by atoms with E-state index in [1.54, 1.807) is 19.2 Å². The van der Waals surface area contributed by atoms with E-state index >= 15 is 0 Å². The highest BCUT2D eigenvalue weighted by Crippen LogP contribution is 2.14. The van der Waals surface area contributed by atoms with Crippen molar-refractivity contribution in [2.45, 2.75) is 25.4 Å². The second-order valence-electron chi connectivity index (χ2n) is 4.24. The molecule has 1 aromatic carbocycles. The Morgan fingerprint density at radius 3 is 2.60 bits per heavy atom. The molecule has 108 valence electrons. The zero-order chi connectivity index (χ0) is 14.5. The van der Waals surface area contributed by atoms with Crippen LogP contribution in [0, 0.1) is 0 Å². The van der Waals surface area contributed by atoms with Gasteiger partial charge in [-0.05, 0) is 17.7 Å². The lowest BCUT2D eigenvalue weighted by Crippen LogP contribution is -2.20. The molecular formula is C13H14F2N2O3. The summed E-state index contributed by atoms with van der Waals surface area (Å²) in [5.41, 5.74) is 0.938. The van der Waals surface area contributed by atoms with Crippen molar-refractivity contribution < 1.29 is 23.1 Å². The van der Waals surface area contributed by atoms with E-state index in [1.807, 2.05) is 12.1 Å². The van der Waals surface area contributed by atoms with E-state index in [-0.39, 0.29) is 12.3 Å². The summed E-state index contributed by atoms with van der Waals surface area (Å²) in [4.78, 5) is 3.97. The molecule has 5 nitrogen and oxygen atoms in total. The fourth-order valence-corrected chi connectivity index (χ4v) is 1.64. The summed E-state index contributed by atoms with van der Waals surface area (Å²) in [5, 5.41) is 12.7. The van der Waals surface area contributed by atoms with Gasteiger partial charge in [0, 0.05) is 6.42 Å². The number of alkyl halides is 2. The molecule has 0 aliphatic heterocycles. The van der Waals surface area contributed by atoms with E-state index in [4.69, 9.17) is 14.4 Å². The number of nitrogens with zero attached hydrogens (tertiary/aromatic N) is 2. The topological polar surface area (TPSA) is 68.4 Å². The first-order chi connectivity index (χ1) is 9.58. The Morgan fingerprint density at radius 2 is 2.00 bits per heavy atom. The summed E-state index contributed by atoms with van der Waals surface area (Å²) >= 11 is 0. The van der Waals surface area contributed by atoms with Crippen LogP contribution in [0.15, 0.2) is 28.8 Å². The zero-order valence-electron chi connectivity index (χ0n) is 10.8. The van der Waals surface area contributed by atoms with Gasteiger partial charge in [-0.1, -0.05) is 17.3 Å². The highest BCUT2D eigenvalue weighted by Gasteiger charge is 2.20. The van der Waals surface area contributed by atoms with Gasteiger partial charge in [0.1, 0.15) is 11.9 Å². The standard InChI is InChI=1S/C13H14F2N2O3/c1-19-9-4-2-8(3-5-9)6-11-16-12(20-17-11)7-10(18)13(14)15/h2-5,10,13,18H,6-7H2,1H3. The molecule has 1 aromatic heterocycles. The van der Waals surface area contributed by atoms with E-state index in [0.29, 0.717) is 12.2 Å². The number of ether oxygens (including phenoxy) is 1. The van der Waals surface area contributed by atoms with E-state index in [1.165, 1.54) is 0 Å². The Morgan fingerprint density at radius 1 is 1.30 bits per heavy atom. The minimum absolute atomic E-state index is 0.00121. The monoisotopic (exact) mass is 284 g/mol. The van der Waals surface area contributed by atoms with Gasteiger partial charge in [0.15, 0.2) is 5.82 Å². The van der Waals surface area contributed by atoms with Crippen LogP contribution in [0.5, 0.6) is 5.75 Å². The summed E-state index contributed by atoms with van der Waals surface area (Å²) < 4.78 is 34.2. The van der Waals surface area contributed by atoms with Gasteiger partial charge < -0.3 is 14.4 Å². The van der Waals surface area contributed by atoms with Gasteiger partial charge >= 0.3 is 0 Å². The third-order valence-corrected chi connectivity index (χ3v) is 2.71. The molecule has 0 aliphatic carbocycles. The summed E-state index contributed by atoms with van der Waals surface area (Å²) in [6.45, 7) is 0. The fourth-order valence-electron chi connectivity index (χ4n) is 1.64. The molecule has 0 saturated heterocycles. The van der Waals surface area contributed by atoms with Crippen LogP contribution in [0.25, 0.3) is 0 Å². The maximum Gasteiger partial charge on any atom is 0.264 e. The zero-order valence-corrected chi connectivity index (χ0v) is 10.8. The Labute approximate surface area is 114 Å². The first kappa shape index (κ1) is 14.4. The molecule has 2 aromatic rings. The van der Waals surface area contributed by atoms with Gasteiger partial charge in [-0.3, -0.25) is 0 Å². The van der Waals surface area contributed by atoms with Crippen molar-refractivity contribution in [1.82, 2.24) is 10.1 Å². The first-order valence-corrected chi connectivity index (χ1v) is 5.99. The number of halogens is 2. The van der Waals surface area contributed by atoms with Crippen molar-refractivity contribution >= 4 is 0 Å². The molecule has 0 fully saturated rings. The maximum absolute atomic E-state index is 12.2. The third-order valence-electron chi connectivity index (χ3n) is 2.71. The Hall–Kier alpha value is -2.02. The van der Waals surface area contributed by atoms with Crippen molar-refractivity contribution in [1.29, 1.82) is 0 Å². The molecule has 2 rings (SSSR count). The van der Waals surface area contributed by atoms with Crippen molar-refractivity contribution in [3.8, 4) is 5.75 Å². The van der Waals surface area contributed by atoms with Gasteiger partial charge in [-0.2, -0.15) is 4.98 Å². The van der Waals surface area contributed by atoms with Crippen LogP contribution in [-0.4, -0.2) is 34.9 Å². The van der Waals surface area contributed by atoms with Gasteiger partial charge in [0.2, 0.25) is 5.89 Å². The summed E-state index contributed by atoms with van der Waals surface area (Å²) in [7, 11) is 1.58. The molecule has 1 heterocycles. The molecule has 0 radical (unpaired) electrons. The Kier molecular flexibility index (Phi) is 4.62. The predicted molar refractivity (Wildman–Crippen MR) is 65.8 cm³/mol. The van der Waals surface area contributed by atoms with Crippen LogP contribution >= 0.6 is 0 Å². The maximum atomic E-state index is 12.2. The smallest absolute Gasteiger partial charge is 0.264 e. The second-order valence-corrected chi connectivity index (χ2v) is 4.24. The molecule has 1 atom stereocenters. The lowest BCUT2D eigenvalue weighted by atomic mass is 10.1. The molecule has 0 spiro atoms. The number of hydrogen-bond donors (Lipinski definition) is 1. The van der Waals surface area contributed by atoms with E-state index < -0.39 is 12.5 Å². The second kappa shape index (κ2) is 6.42. The van der Waals surface area contributed by atoms with Crippen LogP contribution in [0.4, 0.5) is 8.78 Å². The molecule has 1 N–H and O–H groups in total. The van der Waals surface area contributed by atoms with Crippen molar-refractivity contribution in [2.24, 2.45) is 0 Å². The van der Waals surface area contributed by atoms with Crippen LogP contribution in [0.1, 0.15) is 17.3 Å². The van der Waals surface area contributed by atoms with Crippen LogP contribution in [0.3, 0.4) is 0 Å². The summed E-state index contributed by atoms with van der Waals surface area (Å²) in [5.74, 6) is 1.12. The number of rotatable bonds is 6. The fraction of sp³-hybridized carbons (Fsp3) is 0.385. The van der Waals surface area contributed by atoms with Crippen LogP contribution in [-0.2, 0) is 12.8 Å². The minimum atomic E-state index is -2.83. The molecule has 0 saturated carbocycles. The minimum Gasteiger partial charge on any atom is -0.497 e. The first-order valence-electron chi connectivity index (χ1n) is 5.99. The SMILES string of the molecule is COc1ccc(Cc2noc(CC(O)C(F)F)n2)cc1. The number of aliphatic hydroxyl groups excluding tert-OH is 1. The number of methoxy groups -OCH3 is 1. The average Bonchev–Trinajstić information content (AvgIpc) is 2.86. The molecule has 20 heavy (non-hydrogen) atoms. The largest absolute Gasteiger partial charge is 0.497 e. The van der Waals surface area contributed by atoms with Gasteiger partial charge in [0.25, 0.3) is 6.43 Å². The van der Waals surface area contributed by atoms with E-state index in [9.17, 15) is 8.78 Å². The van der Waals surface area contributed by atoms with Crippen LogP contribution < -0.4 is 4.74 Å². The molecule has 7 heteroatoms. The summed E-state index contributed by atoms with van der Waals surface area (Å²) in [6.07, 6.45) is -4.55. The van der Waals surface area contributed by atoms with Crippen molar-refractivity contribution in [3.63, 3.8) is 0 Å². The van der Waals surface area contributed by atoms with Crippen molar-refractivity contribution in [3.05, 3.63) is 41.5 Å². The third kappa shape index (κ3) is 3.74. The molecule has 0 aliphatic rings. The molecule has 1 unspecified atom stereocenters. The quantitative estimate of drug-likeness (QED) is 0.876. The Balaban J connectivity index is 1.98. The lowest BCUT2D eigenvalue weighted by molar-refractivity contribution is -0.00754. The Bertz CT molecular complexity index is 543. The number of aromatic nitrogens is 2. The summed E-state index contributed by atoms with van der Waals surface area (Å²) in [6, 6.07) is 7.31. The lowest BCUT2D eigenvalue weighted by Gasteiger charge is -2.04. The van der Waals surface area contributed by atoms with E-state index in [0.717, 1.165) is 11.3 Å². The van der Waals surface area contributed by atoms with Gasteiger partial charge in [-0.15, -0.1) is 0 Å². The predicted octanol–water partition coefficient (Wildman–Crippen LogP) is 1.84. The number of benzene rings is 1. The van der Waals surface area contributed by atoms with Crippen molar-refractivity contribution in [2.75, 3.05) is 7.11 Å². The van der Waals surface area contributed by atoms with Gasteiger partial charge in [0.05, 0.1) is 13.5 Å². The highest BCUT2D eigenvalue weighted by molar-refractivity contribution is 5.28. The molecule has 0 amide bonds. The number of hydrogen-bond acceptors (Lipinski definition) is 5. The highest BCUT2D eigenvalue weighted by atomic mass is 19.3. The molecular weight excluding hydrogens is 270 g/mol. The van der Waals surface area contributed by atoms with Gasteiger partial charge in [-0.25, -0.2) is 8.78 Å².